The van der Waals surface area contributed by atoms with Crippen LogP contribution >= 0.6 is 0 Å². The molecule has 0 aliphatic heterocycles. The van der Waals surface area contributed by atoms with E-state index in [0.29, 0.717) is 6.07 Å². The molecule has 11 heteroatoms. The highest BCUT2D eigenvalue weighted by atomic mass is 32.2. The van der Waals surface area contributed by atoms with E-state index in [9.17, 15) is 31.2 Å². The van der Waals surface area contributed by atoms with Gasteiger partial charge in [-0.2, -0.15) is 17.9 Å². The number of methoxy groups -OCH3 is 1. The van der Waals surface area contributed by atoms with E-state index in [0.717, 1.165) is 20.1 Å². The summed E-state index contributed by atoms with van der Waals surface area (Å²) in [6.07, 6.45) is -5.01. The maximum atomic E-state index is 13.0. The number of aliphatic carboxylic acids is 1. The Morgan fingerprint density at radius 3 is 2.30 bits per heavy atom. The summed E-state index contributed by atoms with van der Waals surface area (Å²) < 4.78 is 68.7. The van der Waals surface area contributed by atoms with Gasteiger partial charge in [-0.15, -0.1) is 0 Å². The highest BCUT2D eigenvalue weighted by Crippen LogP contribution is 2.34. The van der Waals surface area contributed by atoms with Crippen molar-refractivity contribution in [2.24, 2.45) is 0 Å². The molecule has 0 saturated carbocycles. The van der Waals surface area contributed by atoms with Crippen molar-refractivity contribution < 1.29 is 41.0 Å². The van der Waals surface area contributed by atoms with Gasteiger partial charge in [0.1, 0.15) is 6.04 Å². The normalized spacial score (nSPS) is 13.4. The van der Waals surface area contributed by atoms with Crippen LogP contribution in [0, 0.1) is 0 Å². The smallest absolute Gasteiger partial charge is 0.417 e. The molecule has 1 atom stereocenters. The minimum absolute atomic E-state index is 0.239. The van der Waals surface area contributed by atoms with Gasteiger partial charge in [0.15, 0.2) is 0 Å². The molecule has 2 N–H and O–H groups in total. The Labute approximate surface area is 129 Å². The molecule has 0 amide bonds. The van der Waals surface area contributed by atoms with Gasteiger partial charge in [0, 0.05) is 0 Å². The Balaban J connectivity index is 3.41. The molecule has 0 unspecified atom stereocenters. The average Bonchev–Trinajstić information content (AvgIpc) is 2.44. The summed E-state index contributed by atoms with van der Waals surface area (Å²) in [7, 11) is -3.64. The minimum Gasteiger partial charge on any atom is -0.480 e. The third kappa shape index (κ3) is 4.42. The minimum atomic E-state index is -5.01. The Hall–Kier alpha value is -2.14. The number of carbonyl (C=O) groups excluding carboxylic acids is 1. The van der Waals surface area contributed by atoms with Crippen LogP contribution in [-0.2, 0) is 25.7 Å². The van der Waals surface area contributed by atoms with Crippen molar-refractivity contribution in [2.75, 3.05) is 7.11 Å². The van der Waals surface area contributed by atoms with Crippen LogP contribution in [0.5, 0.6) is 0 Å². The molecule has 0 saturated heterocycles. The molecule has 0 spiro atoms. The molecule has 0 fully saturated rings. The number of benzene rings is 1. The number of carbonyl (C=O) groups is 2. The molecular formula is C12H12F3NO6S. The molecule has 0 bridgehead atoms. The van der Waals surface area contributed by atoms with Gasteiger partial charge in [0.2, 0.25) is 10.0 Å². The lowest BCUT2D eigenvalue weighted by Crippen LogP contribution is -2.38. The molecule has 7 nitrogen and oxygen atoms in total. The van der Waals surface area contributed by atoms with Gasteiger partial charge in [-0.25, -0.2) is 13.2 Å². The fourth-order valence-electron chi connectivity index (χ4n) is 1.56. The van der Waals surface area contributed by atoms with Crippen molar-refractivity contribution in [2.45, 2.75) is 24.0 Å². The second kappa shape index (κ2) is 6.54. The monoisotopic (exact) mass is 355 g/mol. The zero-order chi connectivity index (χ0) is 18.0. The van der Waals surface area contributed by atoms with Gasteiger partial charge in [-0.05, 0) is 25.1 Å². The second-order valence-electron chi connectivity index (χ2n) is 4.38. The number of nitrogens with one attached hydrogen (secondary N) is 1. The van der Waals surface area contributed by atoms with Crippen LogP contribution in [0.15, 0.2) is 23.1 Å². The second-order valence-corrected chi connectivity index (χ2v) is 6.09. The van der Waals surface area contributed by atoms with Crippen LogP contribution in [0.4, 0.5) is 13.2 Å². The number of sulfonamides is 1. The van der Waals surface area contributed by atoms with E-state index in [1.165, 1.54) is 0 Å². The van der Waals surface area contributed by atoms with E-state index >= 15 is 0 Å². The standard InChI is InChI=1S/C12H12F3NO6S/c1-6(10(17)18)16-23(20,21)7-3-4-8(11(19)22-2)9(5-7)12(13,14)15/h3-6,16H,1-2H3,(H,17,18)/t6-/m1/s1. The zero-order valence-corrected chi connectivity index (χ0v) is 12.7. The zero-order valence-electron chi connectivity index (χ0n) is 11.8. The van der Waals surface area contributed by atoms with E-state index in [4.69, 9.17) is 5.11 Å². The molecule has 1 rings (SSSR count). The van der Waals surface area contributed by atoms with Crippen molar-refractivity contribution in [1.29, 1.82) is 0 Å². The Morgan fingerprint density at radius 1 is 1.30 bits per heavy atom. The maximum absolute atomic E-state index is 13.0. The quantitative estimate of drug-likeness (QED) is 0.769. The van der Waals surface area contributed by atoms with Gasteiger partial charge in [0.25, 0.3) is 0 Å². The highest BCUT2D eigenvalue weighted by Gasteiger charge is 2.37. The molecule has 1 aromatic rings. The summed E-state index contributed by atoms with van der Waals surface area (Å²) in [5.41, 5.74) is -2.36. The first-order valence-corrected chi connectivity index (χ1v) is 7.43. The number of hydrogen-bond acceptors (Lipinski definition) is 5. The summed E-state index contributed by atoms with van der Waals surface area (Å²) >= 11 is 0. The number of carboxylic acid groups (broad SMARTS) is 1. The molecular weight excluding hydrogens is 343 g/mol. The van der Waals surface area contributed by atoms with E-state index < -0.39 is 50.2 Å². The molecule has 23 heavy (non-hydrogen) atoms. The summed E-state index contributed by atoms with van der Waals surface area (Å²) in [6, 6.07) is 0.0885. The van der Waals surface area contributed by atoms with Gasteiger partial charge in [0.05, 0.1) is 23.1 Å². The van der Waals surface area contributed by atoms with Crippen LogP contribution in [0.25, 0.3) is 0 Å². The number of rotatable bonds is 5. The summed E-state index contributed by atoms with van der Waals surface area (Å²) in [5.74, 6) is -2.79. The number of carboxylic acids is 1. The largest absolute Gasteiger partial charge is 0.480 e. The summed E-state index contributed by atoms with van der Waals surface area (Å²) in [5, 5.41) is 8.66. The molecule has 0 aliphatic rings. The Bertz CT molecular complexity index is 729. The average molecular weight is 355 g/mol. The van der Waals surface area contributed by atoms with Crippen molar-refractivity contribution in [3.63, 3.8) is 0 Å². The van der Waals surface area contributed by atoms with Crippen LogP contribution in [0.1, 0.15) is 22.8 Å². The molecule has 128 valence electrons. The number of hydrogen-bond donors (Lipinski definition) is 2. The van der Waals surface area contributed by atoms with Crippen molar-refractivity contribution in [3.05, 3.63) is 29.3 Å². The third-order valence-corrected chi connectivity index (χ3v) is 4.25. The van der Waals surface area contributed by atoms with Crippen LogP contribution in [-0.4, -0.2) is 38.6 Å². The van der Waals surface area contributed by atoms with Gasteiger partial charge < -0.3 is 9.84 Å². The predicted molar refractivity (Wildman–Crippen MR) is 70.2 cm³/mol. The fraction of sp³-hybridized carbons (Fsp3) is 0.333. The van der Waals surface area contributed by atoms with Crippen LogP contribution in [0.3, 0.4) is 0 Å². The van der Waals surface area contributed by atoms with E-state index in [1.54, 1.807) is 4.72 Å². The van der Waals surface area contributed by atoms with Crippen molar-refractivity contribution >= 4 is 22.0 Å². The van der Waals surface area contributed by atoms with E-state index in [-0.39, 0.29) is 6.07 Å². The van der Waals surface area contributed by atoms with Crippen LogP contribution in [0.2, 0.25) is 0 Å². The summed E-state index contributed by atoms with van der Waals surface area (Å²) in [4.78, 5) is 21.2. The van der Waals surface area contributed by atoms with Gasteiger partial charge >= 0.3 is 18.1 Å². The first-order valence-electron chi connectivity index (χ1n) is 5.95. The summed E-state index contributed by atoms with van der Waals surface area (Å²) in [6.45, 7) is 1.01. The number of halogens is 3. The number of esters is 1. The number of alkyl halides is 3. The Kier molecular flexibility index (Phi) is 5.38. The fourth-order valence-corrected chi connectivity index (χ4v) is 2.79. The molecule has 0 radical (unpaired) electrons. The lowest BCUT2D eigenvalue weighted by Gasteiger charge is -2.15. The first kappa shape index (κ1) is 18.9. The van der Waals surface area contributed by atoms with Gasteiger partial charge in [-0.1, -0.05) is 0 Å². The molecule has 0 aromatic heterocycles. The molecule has 0 heterocycles. The van der Waals surface area contributed by atoms with E-state index in [1.807, 2.05) is 0 Å². The lowest BCUT2D eigenvalue weighted by atomic mass is 10.1. The third-order valence-electron chi connectivity index (χ3n) is 2.71. The lowest BCUT2D eigenvalue weighted by molar-refractivity contribution is -0.139. The SMILES string of the molecule is COC(=O)c1ccc(S(=O)(=O)N[C@H](C)C(=O)O)cc1C(F)(F)F. The topological polar surface area (TPSA) is 110 Å². The Morgan fingerprint density at radius 2 is 1.87 bits per heavy atom. The van der Waals surface area contributed by atoms with Gasteiger partial charge in [-0.3, -0.25) is 4.79 Å². The van der Waals surface area contributed by atoms with E-state index in [2.05, 4.69) is 4.74 Å². The highest BCUT2D eigenvalue weighted by molar-refractivity contribution is 7.89. The van der Waals surface area contributed by atoms with Crippen molar-refractivity contribution in [1.82, 2.24) is 4.72 Å². The molecule has 1 aromatic carbocycles. The first-order chi connectivity index (χ1) is 10.4. The maximum Gasteiger partial charge on any atom is 0.417 e. The molecule has 0 aliphatic carbocycles. The predicted octanol–water partition coefficient (Wildman–Crippen LogP) is 1.24. The van der Waals surface area contributed by atoms with Crippen molar-refractivity contribution in [3.8, 4) is 0 Å². The number of ether oxygens (including phenoxy) is 1. The van der Waals surface area contributed by atoms with Crippen LogP contribution < -0.4 is 4.72 Å².